The Morgan fingerprint density at radius 3 is 2.55 bits per heavy atom. The Morgan fingerprint density at radius 2 is 1.86 bits per heavy atom. The zero-order valence-electron chi connectivity index (χ0n) is 16.2. The van der Waals surface area contributed by atoms with Crippen molar-refractivity contribution < 1.29 is 17.9 Å². The topological polar surface area (TPSA) is 87.7 Å². The summed E-state index contributed by atoms with van der Waals surface area (Å²) in [6.45, 7) is 3.92. The lowest BCUT2D eigenvalue weighted by Crippen LogP contribution is -2.40. The van der Waals surface area contributed by atoms with Crippen LogP contribution in [0.5, 0.6) is 0 Å². The Kier molecular flexibility index (Phi) is 7.13. The van der Waals surface area contributed by atoms with E-state index in [9.17, 15) is 13.2 Å². The molecule has 0 radical (unpaired) electrons. The van der Waals surface area contributed by atoms with Crippen LogP contribution in [-0.4, -0.2) is 51.5 Å². The van der Waals surface area contributed by atoms with E-state index in [0.717, 1.165) is 0 Å². The maximum Gasteiger partial charge on any atom is 0.243 e. The van der Waals surface area contributed by atoms with Gasteiger partial charge in [-0.2, -0.15) is 4.31 Å². The lowest BCUT2D eigenvalue weighted by atomic mass is 10.1. The molecular weight excluding hydrogens is 414 g/mol. The van der Waals surface area contributed by atoms with Gasteiger partial charge in [0.1, 0.15) is 0 Å². The Hall–Kier alpha value is -2.13. The minimum absolute atomic E-state index is 0.0890. The van der Waals surface area contributed by atoms with Crippen molar-refractivity contribution in [2.45, 2.75) is 18.2 Å². The van der Waals surface area contributed by atoms with E-state index in [1.54, 1.807) is 30.3 Å². The summed E-state index contributed by atoms with van der Waals surface area (Å²) < 4.78 is 32.5. The number of halogens is 1. The molecule has 0 atom stereocenters. The molecule has 29 heavy (non-hydrogen) atoms. The second-order valence-electron chi connectivity index (χ2n) is 6.57. The standard InChI is InChI=1S/C20H24ClN3O4S/c1-2-22-18-8-7-16(29(26,27)24-9-11-28-12-10-24)14-19(18)23-20(25)13-15-5-3-4-6-17(15)21/h3-8,14,22H,2,9-13H2,1H3,(H,23,25). The predicted octanol–water partition coefficient (Wildman–Crippen LogP) is 2.97. The molecule has 0 aliphatic carbocycles. The average molecular weight is 438 g/mol. The SMILES string of the molecule is CCNc1ccc(S(=O)(=O)N2CCOCC2)cc1NC(=O)Cc1ccccc1Cl. The van der Waals surface area contributed by atoms with Crippen molar-refractivity contribution in [3.05, 3.63) is 53.1 Å². The Bertz CT molecular complexity index is 975. The molecule has 1 saturated heterocycles. The summed E-state index contributed by atoms with van der Waals surface area (Å²) in [5, 5.41) is 6.48. The van der Waals surface area contributed by atoms with E-state index >= 15 is 0 Å². The van der Waals surface area contributed by atoms with Gasteiger partial charge in [0.25, 0.3) is 0 Å². The first-order valence-electron chi connectivity index (χ1n) is 9.41. The van der Waals surface area contributed by atoms with E-state index in [1.165, 1.54) is 10.4 Å². The molecule has 0 bridgehead atoms. The van der Waals surface area contributed by atoms with Crippen molar-refractivity contribution in [3.63, 3.8) is 0 Å². The highest BCUT2D eigenvalue weighted by molar-refractivity contribution is 7.89. The summed E-state index contributed by atoms with van der Waals surface area (Å²) >= 11 is 6.14. The fourth-order valence-corrected chi connectivity index (χ4v) is 4.71. The largest absolute Gasteiger partial charge is 0.384 e. The number of morpholine rings is 1. The molecule has 0 aromatic heterocycles. The predicted molar refractivity (Wildman–Crippen MR) is 114 cm³/mol. The van der Waals surface area contributed by atoms with Gasteiger partial charge in [-0.1, -0.05) is 29.8 Å². The Labute approximate surface area is 176 Å². The molecule has 1 aliphatic heterocycles. The molecule has 2 aromatic rings. The Balaban J connectivity index is 1.85. The molecule has 1 heterocycles. The number of nitrogens with one attached hydrogen (secondary N) is 2. The molecule has 1 fully saturated rings. The van der Waals surface area contributed by atoms with Crippen molar-refractivity contribution in [1.82, 2.24) is 4.31 Å². The fourth-order valence-electron chi connectivity index (χ4n) is 3.08. The second kappa shape index (κ2) is 9.58. The number of nitrogens with zero attached hydrogens (tertiary/aromatic N) is 1. The van der Waals surface area contributed by atoms with Gasteiger partial charge in [0.2, 0.25) is 15.9 Å². The lowest BCUT2D eigenvalue weighted by molar-refractivity contribution is -0.115. The first-order valence-corrected chi connectivity index (χ1v) is 11.2. The average Bonchev–Trinajstić information content (AvgIpc) is 2.72. The number of hydrogen-bond donors (Lipinski definition) is 2. The summed E-state index contributed by atoms with van der Waals surface area (Å²) in [7, 11) is -3.66. The molecule has 0 saturated carbocycles. The number of benzene rings is 2. The first-order chi connectivity index (χ1) is 13.9. The molecule has 0 unspecified atom stereocenters. The zero-order valence-corrected chi connectivity index (χ0v) is 17.7. The van der Waals surface area contributed by atoms with Crippen LogP contribution < -0.4 is 10.6 Å². The van der Waals surface area contributed by atoms with Crippen molar-refractivity contribution in [3.8, 4) is 0 Å². The number of anilines is 2. The number of sulfonamides is 1. The van der Waals surface area contributed by atoms with Gasteiger partial charge in [-0.25, -0.2) is 8.42 Å². The van der Waals surface area contributed by atoms with Crippen LogP contribution >= 0.6 is 11.6 Å². The normalized spacial score (nSPS) is 15.1. The van der Waals surface area contributed by atoms with Crippen LogP contribution in [0.1, 0.15) is 12.5 Å². The van der Waals surface area contributed by atoms with Gasteiger partial charge in [-0.05, 0) is 36.8 Å². The van der Waals surface area contributed by atoms with Crippen LogP contribution in [0.2, 0.25) is 5.02 Å². The number of rotatable bonds is 7. The maximum absolute atomic E-state index is 12.9. The molecule has 7 nitrogen and oxygen atoms in total. The molecule has 3 rings (SSSR count). The first kappa shape index (κ1) is 21.6. The van der Waals surface area contributed by atoms with Crippen LogP contribution in [0.4, 0.5) is 11.4 Å². The van der Waals surface area contributed by atoms with Crippen molar-refractivity contribution in [1.29, 1.82) is 0 Å². The highest BCUT2D eigenvalue weighted by Crippen LogP contribution is 2.28. The number of ether oxygens (including phenoxy) is 1. The molecule has 9 heteroatoms. The van der Waals surface area contributed by atoms with E-state index in [4.69, 9.17) is 16.3 Å². The van der Waals surface area contributed by atoms with Crippen molar-refractivity contribution in [2.75, 3.05) is 43.5 Å². The third-order valence-corrected chi connectivity index (χ3v) is 6.81. The Morgan fingerprint density at radius 1 is 1.14 bits per heavy atom. The minimum Gasteiger partial charge on any atom is -0.384 e. The van der Waals surface area contributed by atoms with Crippen LogP contribution in [0.3, 0.4) is 0 Å². The smallest absolute Gasteiger partial charge is 0.243 e. The van der Waals surface area contributed by atoms with E-state index in [-0.39, 0.29) is 17.2 Å². The summed E-state index contributed by atoms with van der Waals surface area (Å²) in [6.07, 6.45) is 0.0890. The summed E-state index contributed by atoms with van der Waals surface area (Å²) in [4.78, 5) is 12.7. The fraction of sp³-hybridized carbons (Fsp3) is 0.350. The van der Waals surface area contributed by atoms with Gasteiger partial charge in [0.05, 0.1) is 35.9 Å². The zero-order chi connectivity index (χ0) is 20.9. The molecule has 1 aliphatic rings. The van der Waals surface area contributed by atoms with Crippen LogP contribution in [-0.2, 0) is 26.0 Å². The van der Waals surface area contributed by atoms with E-state index in [1.807, 2.05) is 13.0 Å². The summed E-state index contributed by atoms with van der Waals surface area (Å²) in [6, 6.07) is 11.8. The number of carbonyl (C=O) groups is 1. The summed E-state index contributed by atoms with van der Waals surface area (Å²) in [5.41, 5.74) is 1.77. The van der Waals surface area contributed by atoms with Crippen molar-refractivity contribution in [2.24, 2.45) is 0 Å². The maximum atomic E-state index is 12.9. The number of carbonyl (C=O) groups excluding carboxylic acids is 1. The molecule has 0 spiro atoms. The highest BCUT2D eigenvalue weighted by atomic mass is 35.5. The number of hydrogen-bond acceptors (Lipinski definition) is 5. The third-order valence-electron chi connectivity index (χ3n) is 4.55. The summed E-state index contributed by atoms with van der Waals surface area (Å²) in [5.74, 6) is -0.279. The van der Waals surface area contributed by atoms with Crippen LogP contribution in [0.15, 0.2) is 47.4 Å². The van der Waals surface area contributed by atoms with Gasteiger partial charge in [0, 0.05) is 24.7 Å². The molecule has 2 aromatic carbocycles. The molecule has 2 N–H and O–H groups in total. The van der Waals surface area contributed by atoms with E-state index in [2.05, 4.69) is 10.6 Å². The van der Waals surface area contributed by atoms with Gasteiger partial charge in [0.15, 0.2) is 0 Å². The molecular formula is C20H24ClN3O4S. The van der Waals surface area contributed by atoms with Crippen LogP contribution in [0, 0.1) is 0 Å². The molecule has 1 amide bonds. The monoisotopic (exact) mass is 437 g/mol. The minimum atomic E-state index is -3.66. The van der Waals surface area contributed by atoms with E-state index in [0.29, 0.717) is 54.8 Å². The van der Waals surface area contributed by atoms with Gasteiger partial charge in [-0.15, -0.1) is 0 Å². The number of amides is 1. The second-order valence-corrected chi connectivity index (χ2v) is 8.92. The van der Waals surface area contributed by atoms with Crippen molar-refractivity contribution >= 4 is 38.9 Å². The third kappa shape index (κ3) is 5.27. The van der Waals surface area contributed by atoms with Crippen LogP contribution in [0.25, 0.3) is 0 Å². The molecule has 156 valence electrons. The van der Waals surface area contributed by atoms with Gasteiger partial charge in [-0.3, -0.25) is 4.79 Å². The highest BCUT2D eigenvalue weighted by Gasteiger charge is 2.27. The quantitative estimate of drug-likeness (QED) is 0.695. The van der Waals surface area contributed by atoms with Gasteiger partial charge >= 0.3 is 0 Å². The lowest BCUT2D eigenvalue weighted by Gasteiger charge is -2.26. The van der Waals surface area contributed by atoms with Gasteiger partial charge < -0.3 is 15.4 Å². The van der Waals surface area contributed by atoms with E-state index < -0.39 is 10.0 Å².